The number of hydrogen-bond acceptors (Lipinski definition) is 3. The molecule has 0 heterocycles. The highest BCUT2D eigenvalue weighted by molar-refractivity contribution is 5.81. The fraction of sp³-hybridized carbons (Fsp3) is 0.467. The molecule has 0 unspecified atom stereocenters. The van der Waals surface area contributed by atoms with Gasteiger partial charge in [0.15, 0.2) is 0 Å². The van der Waals surface area contributed by atoms with Gasteiger partial charge in [-0.1, -0.05) is 37.3 Å². The third-order valence-corrected chi connectivity index (χ3v) is 2.94. The van der Waals surface area contributed by atoms with Crippen molar-refractivity contribution in [3.05, 3.63) is 35.9 Å². The third kappa shape index (κ3) is 4.73. The Morgan fingerprint density at radius 1 is 1.16 bits per heavy atom. The number of rotatable bonds is 6. The summed E-state index contributed by atoms with van der Waals surface area (Å²) in [7, 11) is 0. The molecule has 1 rings (SSSR count). The van der Waals surface area contributed by atoms with Crippen LogP contribution in [0.2, 0.25) is 0 Å². The Kier molecular flexibility index (Phi) is 5.55. The van der Waals surface area contributed by atoms with Gasteiger partial charge in [0.2, 0.25) is 0 Å². The molecule has 1 N–H and O–H groups in total. The quantitative estimate of drug-likeness (QED) is 0.802. The predicted molar refractivity (Wildman–Crippen MR) is 71.7 cm³/mol. The second-order valence-electron chi connectivity index (χ2n) is 4.91. The molecule has 0 fully saturated rings. The van der Waals surface area contributed by atoms with Crippen LogP contribution in [0.25, 0.3) is 0 Å². The van der Waals surface area contributed by atoms with Crippen LogP contribution in [-0.2, 0) is 20.7 Å². The molecule has 2 atom stereocenters. The number of carboxylic acid groups (broad SMARTS) is 1. The summed E-state index contributed by atoms with van der Waals surface area (Å²) in [5, 5.41) is 9.28. The summed E-state index contributed by atoms with van der Waals surface area (Å²) < 4.78 is 5.08. The minimum atomic E-state index is -0.975. The van der Waals surface area contributed by atoms with Gasteiger partial charge < -0.3 is 9.84 Å². The summed E-state index contributed by atoms with van der Waals surface area (Å²) in [6.45, 7) is 5.10. The van der Waals surface area contributed by atoms with Gasteiger partial charge >= 0.3 is 11.9 Å². The molecule has 104 valence electrons. The topological polar surface area (TPSA) is 63.6 Å². The lowest BCUT2D eigenvalue weighted by Crippen LogP contribution is -2.32. The first-order chi connectivity index (χ1) is 8.91. The van der Waals surface area contributed by atoms with E-state index >= 15 is 0 Å². The molecule has 19 heavy (non-hydrogen) atoms. The van der Waals surface area contributed by atoms with E-state index in [-0.39, 0.29) is 6.10 Å². The van der Waals surface area contributed by atoms with Crippen molar-refractivity contribution < 1.29 is 19.4 Å². The first-order valence-electron chi connectivity index (χ1n) is 6.39. The molecule has 0 spiro atoms. The average Bonchev–Trinajstić information content (AvgIpc) is 2.35. The smallest absolute Gasteiger partial charge is 0.309 e. The van der Waals surface area contributed by atoms with Crippen LogP contribution in [-0.4, -0.2) is 23.1 Å². The van der Waals surface area contributed by atoms with Gasteiger partial charge in [0, 0.05) is 0 Å². The summed E-state index contributed by atoms with van der Waals surface area (Å²) in [6.07, 6.45) is 0.0889. The summed E-state index contributed by atoms with van der Waals surface area (Å²) in [4.78, 5) is 23.1. The first-order valence-corrected chi connectivity index (χ1v) is 6.39. The summed E-state index contributed by atoms with van der Waals surface area (Å²) in [6, 6.07) is 9.29. The van der Waals surface area contributed by atoms with E-state index in [0.717, 1.165) is 5.56 Å². The minimum absolute atomic E-state index is 0.235. The zero-order valence-electron chi connectivity index (χ0n) is 11.5. The summed E-state index contributed by atoms with van der Waals surface area (Å²) in [5.41, 5.74) is 0.902. The fourth-order valence-electron chi connectivity index (χ4n) is 1.85. The Bertz CT molecular complexity index is 425. The molecule has 0 saturated heterocycles. The zero-order valence-corrected chi connectivity index (χ0v) is 11.5. The van der Waals surface area contributed by atoms with Crippen molar-refractivity contribution in [1.29, 1.82) is 0 Å². The first kappa shape index (κ1) is 15.2. The van der Waals surface area contributed by atoms with Gasteiger partial charge in [-0.3, -0.25) is 9.59 Å². The summed E-state index contributed by atoms with van der Waals surface area (Å²) >= 11 is 0. The molecule has 0 aliphatic heterocycles. The lowest BCUT2D eigenvalue weighted by Gasteiger charge is -2.20. The Morgan fingerprint density at radius 2 is 1.74 bits per heavy atom. The molecule has 0 radical (unpaired) electrons. The number of carbonyl (C=O) groups excluding carboxylic acids is 1. The van der Waals surface area contributed by atoms with Crippen molar-refractivity contribution in [3.8, 4) is 0 Å². The Hall–Kier alpha value is -1.84. The minimum Gasteiger partial charge on any atom is -0.481 e. The largest absolute Gasteiger partial charge is 0.481 e. The average molecular weight is 264 g/mol. The number of carboxylic acids is 1. The van der Waals surface area contributed by atoms with Gasteiger partial charge in [0.05, 0.1) is 17.9 Å². The van der Waals surface area contributed by atoms with E-state index in [1.807, 2.05) is 30.3 Å². The van der Waals surface area contributed by atoms with Gasteiger partial charge in [0.25, 0.3) is 0 Å². The van der Waals surface area contributed by atoms with E-state index in [1.54, 1.807) is 20.8 Å². The van der Waals surface area contributed by atoms with Crippen LogP contribution in [0.1, 0.15) is 26.3 Å². The molecule has 0 bridgehead atoms. The van der Waals surface area contributed by atoms with Gasteiger partial charge in [-0.15, -0.1) is 0 Å². The van der Waals surface area contributed by atoms with Crippen LogP contribution in [0.5, 0.6) is 0 Å². The van der Waals surface area contributed by atoms with E-state index < -0.39 is 23.8 Å². The molecular formula is C15H20O4. The molecule has 1 aromatic carbocycles. The highest BCUT2D eigenvalue weighted by Crippen LogP contribution is 2.20. The summed E-state index contributed by atoms with van der Waals surface area (Å²) in [5.74, 6) is -2.87. The third-order valence-electron chi connectivity index (χ3n) is 2.94. The van der Waals surface area contributed by atoms with Crippen LogP contribution < -0.4 is 0 Å². The number of hydrogen-bond donors (Lipinski definition) is 1. The molecule has 0 aliphatic carbocycles. The maximum atomic E-state index is 11.8. The maximum absolute atomic E-state index is 11.8. The van der Waals surface area contributed by atoms with Crippen molar-refractivity contribution in [2.45, 2.75) is 33.3 Å². The molecule has 0 aromatic heterocycles. The Labute approximate surface area is 113 Å². The van der Waals surface area contributed by atoms with Crippen molar-refractivity contribution in [2.75, 3.05) is 0 Å². The molecule has 0 amide bonds. The van der Waals surface area contributed by atoms with Crippen LogP contribution >= 0.6 is 0 Å². The highest BCUT2D eigenvalue weighted by atomic mass is 16.5. The van der Waals surface area contributed by atoms with Crippen LogP contribution in [0.4, 0.5) is 0 Å². The number of ether oxygens (including phenoxy) is 1. The van der Waals surface area contributed by atoms with Gasteiger partial charge in [0.1, 0.15) is 0 Å². The lowest BCUT2D eigenvalue weighted by molar-refractivity contribution is -0.159. The monoisotopic (exact) mass is 264 g/mol. The number of esters is 1. The SMILES string of the molecule is CC(C)OC(=O)[C@H](C)[C@H](Cc1ccccc1)C(=O)O. The zero-order chi connectivity index (χ0) is 14.4. The van der Waals surface area contributed by atoms with Crippen LogP contribution in [0.15, 0.2) is 30.3 Å². The number of benzene rings is 1. The number of carbonyl (C=O) groups is 2. The maximum Gasteiger partial charge on any atom is 0.309 e. The number of aliphatic carboxylic acids is 1. The molecule has 4 heteroatoms. The second kappa shape index (κ2) is 6.92. The molecule has 4 nitrogen and oxygen atoms in total. The molecule has 0 aliphatic rings. The van der Waals surface area contributed by atoms with Gasteiger partial charge in [-0.05, 0) is 25.8 Å². The molecule has 1 aromatic rings. The Morgan fingerprint density at radius 3 is 2.21 bits per heavy atom. The van der Waals surface area contributed by atoms with E-state index in [9.17, 15) is 14.7 Å². The lowest BCUT2D eigenvalue weighted by atomic mass is 9.88. The standard InChI is InChI=1S/C15H20O4/c1-10(2)19-15(18)11(3)13(14(16)17)9-12-7-5-4-6-8-12/h4-8,10-11,13H,9H2,1-3H3,(H,16,17)/t11-,13+/m1/s1. The van der Waals surface area contributed by atoms with Crippen molar-refractivity contribution >= 4 is 11.9 Å². The molecule has 0 saturated carbocycles. The van der Waals surface area contributed by atoms with Crippen LogP contribution in [0.3, 0.4) is 0 Å². The molecular weight excluding hydrogens is 244 g/mol. The van der Waals surface area contributed by atoms with Crippen molar-refractivity contribution in [3.63, 3.8) is 0 Å². The van der Waals surface area contributed by atoms with Crippen LogP contribution in [0, 0.1) is 11.8 Å². The van der Waals surface area contributed by atoms with Crippen molar-refractivity contribution in [1.82, 2.24) is 0 Å². The highest BCUT2D eigenvalue weighted by Gasteiger charge is 2.31. The second-order valence-corrected chi connectivity index (χ2v) is 4.91. The van der Waals surface area contributed by atoms with Gasteiger partial charge in [-0.2, -0.15) is 0 Å². The van der Waals surface area contributed by atoms with Gasteiger partial charge in [-0.25, -0.2) is 0 Å². The van der Waals surface area contributed by atoms with E-state index in [2.05, 4.69) is 0 Å². The van der Waals surface area contributed by atoms with E-state index in [4.69, 9.17) is 4.74 Å². The van der Waals surface area contributed by atoms with E-state index in [0.29, 0.717) is 6.42 Å². The van der Waals surface area contributed by atoms with E-state index in [1.165, 1.54) is 0 Å². The fourth-order valence-corrected chi connectivity index (χ4v) is 1.85. The Balaban J connectivity index is 2.77. The van der Waals surface area contributed by atoms with Crippen molar-refractivity contribution in [2.24, 2.45) is 11.8 Å². The predicted octanol–water partition coefficient (Wildman–Crippen LogP) is 2.52. The normalized spacial score (nSPS) is 13.9.